The molecule has 0 aliphatic carbocycles. The lowest BCUT2D eigenvalue weighted by atomic mass is 9.80. The molecule has 5 nitrogen and oxygen atoms in total. The third kappa shape index (κ3) is 5.75. The molecule has 0 amide bonds. The number of fused-ring (bicyclic) bond motifs is 3. The van der Waals surface area contributed by atoms with E-state index < -0.39 is 28.3 Å². The Balaban J connectivity index is 1.37. The number of pyridine rings is 1. The first kappa shape index (κ1) is 32.2. The van der Waals surface area contributed by atoms with Crippen LogP contribution in [-0.4, -0.2) is 19.3 Å². The molecule has 0 aliphatic rings. The molecule has 0 radical (unpaired) electrons. The van der Waals surface area contributed by atoms with E-state index in [1.807, 2.05) is 109 Å². The summed E-state index contributed by atoms with van der Waals surface area (Å²) in [5.74, 6) is -0.916. The quantitative estimate of drug-likeness (QED) is 0.185. The van der Waals surface area contributed by atoms with E-state index in [-0.39, 0.29) is 5.56 Å². The normalized spacial score (nSPS) is 12.3. The molecule has 7 rings (SSSR count). The van der Waals surface area contributed by atoms with Crippen molar-refractivity contribution >= 4 is 21.8 Å². The van der Waals surface area contributed by atoms with Gasteiger partial charge in [0.05, 0.1) is 33.7 Å². The summed E-state index contributed by atoms with van der Waals surface area (Å²) in [5, 5.41) is 7.18. The van der Waals surface area contributed by atoms with Gasteiger partial charge < -0.3 is 4.74 Å². The summed E-state index contributed by atoms with van der Waals surface area (Å²) < 4.78 is 55.3. The Morgan fingerprint density at radius 2 is 1.35 bits per heavy atom. The van der Waals surface area contributed by atoms with Gasteiger partial charge in [0, 0.05) is 57.6 Å². The summed E-state index contributed by atoms with van der Waals surface area (Å²) in [6.07, 6.45) is 1.81. The average molecular weight is 659 g/mol. The molecule has 4 aromatic carbocycles. The first-order valence-corrected chi connectivity index (χ1v) is 16.2. The Morgan fingerprint density at radius 3 is 2.04 bits per heavy atom. The Hall–Kier alpha value is -5.37. The van der Waals surface area contributed by atoms with Crippen LogP contribution in [-0.2, 0) is 10.8 Å². The molecule has 3 aromatic heterocycles. The second-order valence-corrected chi connectivity index (χ2v) is 14.6. The average Bonchev–Trinajstić information content (AvgIpc) is 3.58. The second-order valence-electron chi connectivity index (χ2n) is 14.6. The molecular formula is C41H37F3N4O. The van der Waals surface area contributed by atoms with E-state index in [0.29, 0.717) is 46.3 Å². The maximum atomic E-state index is 15.4. The second kappa shape index (κ2) is 11.7. The number of hydrogen-bond acceptors (Lipinski definition) is 3. The molecular weight excluding hydrogens is 621 g/mol. The van der Waals surface area contributed by atoms with Gasteiger partial charge in [-0.25, -0.2) is 22.8 Å². The Morgan fingerprint density at radius 1 is 0.653 bits per heavy atom. The highest BCUT2D eigenvalue weighted by molar-refractivity contribution is 6.09. The number of halogens is 3. The SMILES string of the molecule is Cc1ccnc(-n2c3ccccc3c3ccc(Oc4cccc(-n5nc(C(C)(C)C)c(-c6c(F)cc(F)cc6F)c5C(C)(C)C)c4)cc32)c1. The van der Waals surface area contributed by atoms with E-state index >= 15 is 8.78 Å². The number of aryl methyl sites for hydroxylation is 1. The van der Waals surface area contributed by atoms with Gasteiger partial charge in [0.1, 0.15) is 34.8 Å². The molecule has 0 bridgehead atoms. The Kier molecular flexibility index (Phi) is 7.65. The van der Waals surface area contributed by atoms with Crippen LogP contribution in [0.3, 0.4) is 0 Å². The lowest BCUT2D eigenvalue weighted by molar-refractivity contribution is 0.482. The van der Waals surface area contributed by atoms with Crippen molar-refractivity contribution in [3.63, 3.8) is 0 Å². The molecule has 0 fully saturated rings. The molecule has 3 heterocycles. The zero-order valence-corrected chi connectivity index (χ0v) is 28.6. The molecule has 49 heavy (non-hydrogen) atoms. The Bertz CT molecular complexity index is 2370. The van der Waals surface area contributed by atoms with Gasteiger partial charge in [0.2, 0.25) is 0 Å². The first-order valence-electron chi connectivity index (χ1n) is 16.2. The van der Waals surface area contributed by atoms with Crippen LogP contribution >= 0.6 is 0 Å². The predicted octanol–water partition coefficient (Wildman–Crippen LogP) is 11.1. The summed E-state index contributed by atoms with van der Waals surface area (Å²) >= 11 is 0. The van der Waals surface area contributed by atoms with E-state index in [4.69, 9.17) is 9.84 Å². The smallest absolute Gasteiger partial charge is 0.137 e. The largest absolute Gasteiger partial charge is 0.457 e. The van der Waals surface area contributed by atoms with Crippen molar-refractivity contribution < 1.29 is 17.9 Å². The molecule has 0 N–H and O–H groups in total. The molecule has 7 aromatic rings. The van der Waals surface area contributed by atoms with Gasteiger partial charge in [-0.2, -0.15) is 5.10 Å². The van der Waals surface area contributed by atoms with Crippen LogP contribution in [0.5, 0.6) is 11.5 Å². The van der Waals surface area contributed by atoms with Gasteiger partial charge in [0.25, 0.3) is 0 Å². The first-order chi connectivity index (χ1) is 23.2. The van der Waals surface area contributed by atoms with Crippen LogP contribution < -0.4 is 4.74 Å². The van der Waals surface area contributed by atoms with Crippen molar-refractivity contribution in [3.05, 3.63) is 132 Å². The summed E-state index contributed by atoms with van der Waals surface area (Å²) in [5.41, 5.74) is 3.68. The number of para-hydroxylation sites is 1. The van der Waals surface area contributed by atoms with Gasteiger partial charge in [-0.15, -0.1) is 0 Å². The fourth-order valence-electron chi connectivity index (χ4n) is 6.56. The fraction of sp³-hybridized carbons (Fsp3) is 0.220. The fourth-order valence-corrected chi connectivity index (χ4v) is 6.56. The molecule has 0 saturated carbocycles. The van der Waals surface area contributed by atoms with Gasteiger partial charge in [-0.1, -0.05) is 65.8 Å². The van der Waals surface area contributed by atoms with Crippen molar-refractivity contribution in [1.29, 1.82) is 0 Å². The molecule has 248 valence electrons. The number of hydrogen-bond donors (Lipinski definition) is 0. The number of nitrogens with zero attached hydrogens (tertiary/aromatic N) is 4. The van der Waals surface area contributed by atoms with Crippen LogP contribution in [0.4, 0.5) is 13.2 Å². The maximum Gasteiger partial charge on any atom is 0.137 e. The minimum Gasteiger partial charge on any atom is -0.457 e. The van der Waals surface area contributed by atoms with Gasteiger partial charge in [0.15, 0.2) is 0 Å². The van der Waals surface area contributed by atoms with Crippen LogP contribution in [0.1, 0.15) is 58.5 Å². The van der Waals surface area contributed by atoms with Gasteiger partial charge >= 0.3 is 0 Å². The summed E-state index contributed by atoms with van der Waals surface area (Å²) in [4.78, 5) is 4.68. The third-order valence-corrected chi connectivity index (χ3v) is 8.64. The minimum atomic E-state index is -0.973. The van der Waals surface area contributed by atoms with Crippen LogP contribution in [0.25, 0.3) is 44.4 Å². The standard InChI is InChI=1S/C41H37F3N4O/c1-24-17-18-45-35(19-24)47-33-14-9-8-13-29(33)30-16-15-28(23-34(30)47)49-27-12-10-11-26(22-27)48-39(41(5,6)7)37(38(46-48)40(2,3)4)36-31(43)20-25(42)21-32(36)44/h8-23H,1-7H3. The topological polar surface area (TPSA) is 44.9 Å². The highest BCUT2D eigenvalue weighted by atomic mass is 19.1. The van der Waals surface area contributed by atoms with Crippen molar-refractivity contribution in [2.45, 2.75) is 59.3 Å². The lowest BCUT2D eigenvalue weighted by Crippen LogP contribution is -2.19. The highest BCUT2D eigenvalue weighted by Crippen LogP contribution is 2.44. The van der Waals surface area contributed by atoms with Gasteiger partial charge in [-0.05, 0) is 55.0 Å². The van der Waals surface area contributed by atoms with E-state index in [9.17, 15) is 4.39 Å². The molecule has 0 atom stereocenters. The van der Waals surface area contributed by atoms with E-state index in [0.717, 1.165) is 33.2 Å². The Labute approximate surface area is 283 Å². The van der Waals surface area contributed by atoms with Crippen LogP contribution in [0.15, 0.2) is 97.2 Å². The zero-order valence-electron chi connectivity index (χ0n) is 28.6. The number of rotatable bonds is 5. The van der Waals surface area contributed by atoms with E-state index in [1.54, 1.807) is 4.68 Å². The summed E-state index contributed by atoms with van der Waals surface area (Å²) in [6.45, 7) is 13.8. The lowest BCUT2D eigenvalue weighted by Gasteiger charge is -2.24. The van der Waals surface area contributed by atoms with Crippen molar-refractivity contribution in [2.75, 3.05) is 0 Å². The molecule has 0 unspecified atom stereocenters. The van der Waals surface area contributed by atoms with Crippen molar-refractivity contribution in [1.82, 2.24) is 19.3 Å². The summed E-state index contributed by atoms with van der Waals surface area (Å²) in [7, 11) is 0. The van der Waals surface area contributed by atoms with Crippen LogP contribution in [0, 0.1) is 24.4 Å². The minimum absolute atomic E-state index is 0.290. The number of aromatic nitrogens is 4. The predicted molar refractivity (Wildman–Crippen MR) is 190 cm³/mol. The molecule has 0 saturated heterocycles. The third-order valence-electron chi connectivity index (χ3n) is 8.64. The van der Waals surface area contributed by atoms with Crippen molar-refractivity contribution in [3.8, 4) is 34.1 Å². The number of benzene rings is 4. The molecule has 0 aliphatic heterocycles. The molecule has 0 spiro atoms. The maximum absolute atomic E-state index is 15.4. The number of ether oxygens (including phenoxy) is 1. The zero-order chi connectivity index (χ0) is 34.8. The van der Waals surface area contributed by atoms with E-state index in [2.05, 4.69) is 33.8 Å². The van der Waals surface area contributed by atoms with Crippen molar-refractivity contribution in [2.24, 2.45) is 0 Å². The highest BCUT2D eigenvalue weighted by Gasteiger charge is 2.36. The van der Waals surface area contributed by atoms with Gasteiger partial charge in [-0.3, -0.25) is 4.57 Å². The molecule has 8 heteroatoms. The van der Waals surface area contributed by atoms with Crippen LogP contribution in [0.2, 0.25) is 0 Å². The monoisotopic (exact) mass is 658 g/mol. The van der Waals surface area contributed by atoms with E-state index in [1.165, 1.54) is 0 Å². The summed E-state index contributed by atoms with van der Waals surface area (Å²) in [6, 6.07) is 27.2.